The fraction of sp³-hybridized carbons (Fsp3) is 0.0625. The van der Waals surface area contributed by atoms with Crippen LogP contribution in [0, 0.1) is 0 Å². The van der Waals surface area contributed by atoms with Gasteiger partial charge in [-0.15, -0.1) is 0 Å². The fourth-order valence-electron chi connectivity index (χ4n) is 1.96. The molecule has 0 fully saturated rings. The molecule has 124 valence electrons. The van der Waals surface area contributed by atoms with Crippen LogP contribution in [-0.2, 0) is 4.79 Å². The van der Waals surface area contributed by atoms with Crippen molar-refractivity contribution in [3.8, 4) is 5.75 Å². The highest BCUT2D eigenvalue weighted by molar-refractivity contribution is 6.05. The van der Waals surface area contributed by atoms with Gasteiger partial charge >= 0.3 is 0 Å². The zero-order valence-electron chi connectivity index (χ0n) is 12.7. The van der Waals surface area contributed by atoms with Crippen molar-refractivity contribution in [3.63, 3.8) is 0 Å². The topological polar surface area (TPSA) is 138 Å². The molecule has 0 bridgehead atoms. The maximum absolute atomic E-state index is 12.0. The van der Waals surface area contributed by atoms with E-state index in [4.69, 9.17) is 20.6 Å². The summed E-state index contributed by atoms with van der Waals surface area (Å²) in [6.45, 7) is 0. The van der Waals surface area contributed by atoms with Gasteiger partial charge in [0.05, 0.1) is 18.4 Å². The summed E-state index contributed by atoms with van der Waals surface area (Å²) in [5.41, 5.74) is 10.8. The molecule has 0 radical (unpaired) electrons. The Kier molecular flexibility index (Phi) is 5.00. The number of benzene rings is 1. The minimum absolute atomic E-state index is 0.00844. The molecule has 0 aliphatic heterocycles. The smallest absolute Gasteiger partial charge is 0.284 e. The zero-order valence-corrected chi connectivity index (χ0v) is 12.7. The summed E-state index contributed by atoms with van der Waals surface area (Å²) in [7, 11) is 1.36. The first kappa shape index (κ1) is 16.8. The third kappa shape index (κ3) is 3.80. The summed E-state index contributed by atoms with van der Waals surface area (Å²) >= 11 is 0. The molecule has 0 saturated carbocycles. The second-order valence-corrected chi connectivity index (χ2v) is 4.64. The molecule has 3 amide bonds. The van der Waals surface area contributed by atoms with Gasteiger partial charge in [-0.25, -0.2) is 0 Å². The molecule has 8 heteroatoms. The van der Waals surface area contributed by atoms with Crippen molar-refractivity contribution in [3.05, 3.63) is 53.5 Å². The van der Waals surface area contributed by atoms with Gasteiger partial charge < -0.3 is 25.9 Å². The van der Waals surface area contributed by atoms with Crippen molar-refractivity contribution in [1.82, 2.24) is 0 Å². The number of ether oxygens (including phenoxy) is 1. The van der Waals surface area contributed by atoms with E-state index < -0.39 is 17.7 Å². The highest BCUT2D eigenvalue weighted by atomic mass is 16.5. The van der Waals surface area contributed by atoms with Gasteiger partial charge in [0, 0.05) is 6.08 Å². The van der Waals surface area contributed by atoms with E-state index in [-0.39, 0.29) is 22.8 Å². The van der Waals surface area contributed by atoms with Gasteiger partial charge in [-0.3, -0.25) is 14.4 Å². The van der Waals surface area contributed by atoms with E-state index in [1.165, 1.54) is 37.5 Å². The third-order valence-corrected chi connectivity index (χ3v) is 3.01. The van der Waals surface area contributed by atoms with Crippen LogP contribution in [0.25, 0.3) is 6.08 Å². The molecule has 0 aliphatic carbocycles. The highest BCUT2D eigenvalue weighted by Crippen LogP contribution is 2.28. The molecule has 0 unspecified atom stereocenters. The number of rotatable bonds is 6. The predicted molar refractivity (Wildman–Crippen MR) is 86.4 cm³/mol. The van der Waals surface area contributed by atoms with Crippen molar-refractivity contribution in [2.45, 2.75) is 0 Å². The summed E-state index contributed by atoms with van der Waals surface area (Å²) in [6.07, 6.45) is 2.56. The number of carbonyl (C=O) groups excluding carboxylic acids is 3. The SMILES string of the molecule is COc1c(NC(=O)C=Cc2ccc(C(N)=O)o2)cccc1C(N)=O. The van der Waals surface area contributed by atoms with Crippen LogP contribution in [0.3, 0.4) is 0 Å². The van der Waals surface area contributed by atoms with E-state index in [1.54, 1.807) is 12.1 Å². The Hall–Kier alpha value is -3.55. The van der Waals surface area contributed by atoms with Crippen molar-refractivity contribution in [2.75, 3.05) is 12.4 Å². The molecule has 2 rings (SSSR count). The summed E-state index contributed by atoms with van der Waals surface area (Å²) in [5.74, 6) is -1.42. The molecular weight excluding hydrogens is 314 g/mol. The van der Waals surface area contributed by atoms with Crippen molar-refractivity contribution in [1.29, 1.82) is 0 Å². The van der Waals surface area contributed by atoms with Gasteiger partial charge in [0.1, 0.15) is 5.76 Å². The zero-order chi connectivity index (χ0) is 17.7. The molecule has 0 aliphatic rings. The monoisotopic (exact) mass is 329 g/mol. The first-order valence-corrected chi connectivity index (χ1v) is 6.78. The maximum Gasteiger partial charge on any atom is 0.284 e. The minimum Gasteiger partial charge on any atom is -0.494 e. The lowest BCUT2D eigenvalue weighted by Gasteiger charge is -2.11. The number of hydrogen-bond acceptors (Lipinski definition) is 5. The average Bonchev–Trinajstić information content (AvgIpc) is 3.02. The normalized spacial score (nSPS) is 10.5. The number of carbonyl (C=O) groups is 3. The lowest BCUT2D eigenvalue weighted by molar-refractivity contribution is -0.111. The quantitative estimate of drug-likeness (QED) is 0.682. The number of anilines is 1. The van der Waals surface area contributed by atoms with Gasteiger partial charge in [0.2, 0.25) is 5.91 Å². The van der Waals surface area contributed by atoms with E-state index in [0.29, 0.717) is 5.69 Å². The molecule has 24 heavy (non-hydrogen) atoms. The number of methoxy groups -OCH3 is 1. The van der Waals surface area contributed by atoms with Crippen molar-refractivity contribution < 1.29 is 23.5 Å². The van der Waals surface area contributed by atoms with Gasteiger partial charge in [-0.2, -0.15) is 0 Å². The number of primary amides is 2. The Morgan fingerprint density at radius 3 is 2.46 bits per heavy atom. The van der Waals surface area contributed by atoms with E-state index in [0.717, 1.165) is 0 Å². The van der Waals surface area contributed by atoms with Crippen LogP contribution in [0.5, 0.6) is 5.75 Å². The fourth-order valence-corrected chi connectivity index (χ4v) is 1.96. The van der Waals surface area contributed by atoms with Crippen LogP contribution in [0.1, 0.15) is 26.7 Å². The van der Waals surface area contributed by atoms with Crippen molar-refractivity contribution >= 4 is 29.5 Å². The molecular formula is C16H15N3O5. The standard InChI is InChI=1S/C16H15N3O5/c1-23-14-10(15(17)21)3-2-4-11(14)19-13(20)8-6-9-5-7-12(24-9)16(18)22/h2-8H,1H3,(H2,17,21)(H2,18,22)(H,19,20). The molecule has 1 heterocycles. The second-order valence-electron chi connectivity index (χ2n) is 4.64. The highest BCUT2D eigenvalue weighted by Gasteiger charge is 2.14. The van der Waals surface area contributed by atoms with Crippen LogP contribution >= 0.6 is 0 Å². The Morgan fingerprint density at radius 1 is 1.12 bits per heavy atom. The van der Waals surface area contributed by atoms with Crippen molar-refractivity contribution in [2.24, 2.45) is 11.5 Å². The van der Waals surface area contributed by atoms with Gasteiger partial charge in [0.15, 0.2) is 11.5 Å². The lowest BCUT2D eigenvalue weighted by Crippen LogP contribution is -2.15. The largest absolute Gasteiger partial charge is 0.494 e. The molecule has 8 nitrogen and oxygen atoms in total. The predicted octanol–water partition coefficient (Wildman–Crippen LogP) is 1.14. The lowest BCUT2D eigenvalue weighted by atomic mass is 10.1. The Balaban J connectivity index is 2.14. The molecule has 0 spiro atoms. The summed E-state index contributed by atoms with van der Waals surface area (Å²) in [5, 5.41) is 2.56. The number of nitrogens with two attached hydrogens (primary N) is 2. The summed E-state index contributed by atoms with van der Waals surface area (Å²) in [4.78, 5) is 34.2. The Morgan fingerprint density at radius 2 is 1.88 bits per heavy atom. The number of furan rings is 1. The molecule has 1 aromatic heterocycles. The molecule has 2 aromatic rings. The van der Waals surface area contributed by atoms with Gasteiger partial charge in [-0.1, -0.05) is 6.07 Å². The maximum atomic E-state index is 12.0. The first-order valence-electron chi connectivity index (χ1n) is 6.78. The number of hydrogen-bond donors (Lipinski definition) is 3. The van der Waals surface area contributed by atoms with Crippen LogP contribution < -0.4 is 21.5 Å². The number of para-hydroxylation sites is 1. The summed E-state index contributed by atoms with van der Waals surface area (Å²) < 4.78 is 10.2. The first-order chi connectivity index (χ1) is 11.4. The van der Waals surface area contributed by atoms with Gasteiger partial charge in [0.25, 0.3) is 11.8 Å². The molecule has 5 N–H and O–H groups in total. The number of amides is 3. The molecule has 0 atom stereocenters. The van der Waals surface area contributed by atoms with Crippen LogP contribution in [0.2, 0.25) is 0 Å². The Bertz CT molecular complexity index is 823. The van der Waals surface area contributed by atoms with Crippen LogP contribution in [-0.4, -0.2) is 24.8 Å². The second kappa shape index (κ2) is 7.14. The third-order valence-electron chi connectivity index (χ3n) is 3.01. The van der Waals surface area contributed by atoms with Crippen LogP contribution in [0.4, 0.5) is 5.69 Å². The van der Waals surface area contributed by atoms with Crippen LogP contribution in [0.15, 0.2) is 40.8 Å². The number of nitrogens with one attached hydrogen (secondary N) is 1. The summed E-state index contributed by atoms with van der Waals surface area (Å²) in [6, 6.07) is 7.51. The van der Waals surface area contributed by atoms with E-state index in [9.17, 15) is 14.4 Å². The molecule has 1 aromatic carbocycles. The van der Waals surface area contributed by atoms with E-state index in [2.05, 4.69) is 5.32 Å². The van der Waals surface area contributed by atoms with Gasteiger partial charge in [-0.05, 0) is 30.3 Å². The Labute approximate surface area is 137 Å². The van der Waals surface area contributed by atoms with E-state index >= 15 is 0 Å². The average molecular weight is 329 g/mol. The molecule has 0 saturated heterocycles. The van der Waals surface area contributed by atoms with E-state index in [1.807, 2.05) is 0 Å². The minimum atomic E-state index is -0.702.